The van der Waals surface area contributed by atoms with E-state index in [0.717, 1.165) is 61.3 Å². The summed E-state index contributed by atoms with van der Waals surface area (Å²) in [5.41, 5.74) is 0. The van der Waals surface area contributed by atoms with Gasteiger partial charge in [-0.15, -0.1) is 0 Å². The van der Waals surface area contributed by atoms with E-state index in [1.807, 2.05) is 0 Å². The van der Waals surface area contributed by atoms with Gasteiger partial charge in [0.15, 0.2) is 0 Å². The number of quaternary nitrogens is 2. The molecular weight excluding hydrogens is 338 g/mol. The van der Waals surface area contributed by atoms with E-state index in [1.54, 1.807) is 0 Å². The van der Waals surface area contributed by atoms with Crippen molar-refractivity contribution in [1.82, 2.24) is 15.0 Å². The zero-order valence-corrected chi connectivity index (χ0v) is 17.5. The van der Waals surface area contributed by atoms with Crippen LogP contribution in [0.1, 0.15) is 27.7 Å². The van der Waals surface area contributed by atoms with Crippen molar-refractivity contribution in [2.24, 2.45) is 0 Å². The van der Waals surface area contributed by atoms with Crippen molar-refractivity contribution in [3.05, 3.63) is 5.28 Å². The predicted molar refractivity (Wildman–Crippen MR) is 106 cm³/mol. The molecule has 1 aromatic rings. The zero-order chi connectivity index (χ0) is 18.9. The molecule has 0 saturated heterocycles. The van der Waals surface area contributed by atoms with E-state index < -0.39 is 0 Å². The molecule has 0 spiro atoms. The first-order chi connectivity index (χ1) is 11.8. The van der Waals surface area contributed by atoms with E-state index in [9.17, 15) is 0 Å². The van der Waals surface area contributed by atoms with Gasteiger partial charge in [0.2, 0.25) is 17.2 Å². The highest BCUT2D eigenvalue weighted by molar-refractivity contribution is 6.28. The third-order valence-electron chi connectivity index (χ3n) is 5.53. The van der Waals surface area contributed by atoms with E-state index in [-0.39, 0.29) is 5.28 Å². The number of anilines is 2. The number of nitrogens with one attached hydrogen (secondary N) is 2. The first kappa shape index (κ1) is 21.9. The zero-order valence-electron chi connectivity index (χ0n) is 16.8. The molecule has 0 aliphatic carbocycles. The van der Waals surface area contributed by atoms with Gasteiger partial charge in [-0.2, -0.15) is 15.0 Å². The third kappa shape index (κ3) is 7.30. The Labute approximate surface area is 158 Å². The van der Waals surface area contributed by atoms with Crippen LogP contribution in [-0.2, 0) is 0 Å². The van der Waals surface area contributed by atoms with Gasteiger partial charge in [0, 0.05) is 0 Å². The maximum atomic E-state index is 6.05. The number of rotatable bonds is 12. The van der Waals surface area contributed by atoms with Crippen LogP contribution in [0.4, 0.5) is 11.9 Å². The summed E-state index contributed by atoms with van der Waals surface area (Å²) in [6.45, 7) is 16.9. The molecule has 144 valence electrons. The number of halogens is 1. The van der Waals surface area contributed by atoms with Gasteiger partial charge in [-0.05, 0) is 39.3 Å². The lowest BCUT2D eigenvalue weighted by Crippen LogP contribution is -2.46. The molecule has 0 unspecified atom stereocenters. The van der Waals surface area contributed by atoms with E-state index in [1.165, 1.54) is 0 Å². The van der Waals surface area contributed by atoms with E-state index in [2.05, 4.69) is 67.4 Å². The molecule has 0 aliphatic rings. The van der Waals surface area contributed by atoms with Crippen molar-refractivity contribution >= 4 is 23.5 Å². The molecule has 0 fully saturated rings. The molecule has 1 rings (SSSR count). The second kappa shape index (κ2) is 10.1. The monoisotopic (exact) mass is 373 g/mol. The maximum absolute atomic E-state index is 6.05. The standard InChI is InChI=1S/C17H36ClN7/c1-7-24(5,8-2)13-11-19-16-21-15(18)22-17(23-16)20-12-14-25(6,9-3)10-4/h7-14H2,1-6H3,(H2,19,20,21,22,23)/q+2. The highest BCUT2D eigenvalue weighted by Crippen LogP contribution is 2.10. The maximum Gasteiger partial charge on any atom is 0.229 e. The van der Waals surface area contributed by atoms with Crippen LogP contribution in [0.5, 0.6) is 0 Å². The molecule has 1 heterocycles. The lowest BCUT2D eigenvalue weighted by atomic mass is 10.4. The first-order valence-electron chi connectivity index (χ1n) is 9.36. The Kier molecular flexibility index (Phi) is 8.82. The Bertz CT molecular complexity index is 473. The first-order valence-corrected chi connectivity index (χ1v) is 9.74. The summed E-state index contributed by atoms with van der Waals surface area (Å²) in [4.78, 5) is 12.8. The summed E-state index contributed by atoms with van der Waals surface area (Å²) >= 11 is 6.05. The minimum Gasteiger partial charge on any atom is -0.348 e. The van der Waals surface area contributed by atoms with Gasteiger partial charge < -0.3 is 19.6 Å². The normalized spacial score (nSPS) is 12.3. The average molecular weight is 374 g/mol. The Balaban J connectivity index is 2.58. The number of likely N-dealkylation sites (N-methyl/N-ethyl adjacent to an activating group) is 2. The van der Waals surface area contributed by atoms with Crippen LogP contribution in [0, 0.1) is 0 Å². The predicted octanol–water partition coefficient (Wildman–Crippen LogP) is 2.32. The van der Waals surface area contributed by atoms with Crippen molar-refractivity contribution in [2.45, 2.75) is 27.7 Å². The van der Waals surface area contributed by atoms with Crippen molar-refractivity contribution in [2.75, 3.05) is 77.1 Å². The molecular formula is C17H36ClN7+2. The van der Waals surface area contributed by atoms with Gasteiger partial charge in [0.1, 0.15) is 0 Å². The molecule has 0 amide bonds. The van der Waals surface area contributed by atoms with Crippen LogP contribution in [0.25, 0.3) is 0 Å². The van der Waals surface area contributed by atoms with Crippen molar-refractivity contribution in [3.8, 4) is 0 Å². The van der Waals surface area contributed by atoms with Gasteiger partial charge in [-0.3, -0.25) is 0 Å². The molecule has 2 N–H and O–H groups in total. The van der Waals surface area contributed by atoms with Gasteiger partial charge in [0.25, 0.3) is 0 Å². The van der Waals surface area contributed by atoms with Crippen LogP contribution < -0.4 is 10.6 Å². The summed E-state index contributed by atoms with van der Waals surface area (Å²) in [7, 11) is 4.51. The third-order valence-corrected chi connectivity index (χ3v) is 5.70. The summed E-state index contributed by atoms with van der Waals surface area (Å²) in [5, 5.41) is 6.76. The topological polar surface area (TPSA) is 62.7 Å². The van der Waals surface area contributed by atoms with Gasteiger partial charge >= 0.3 is 0 Å². The highest BCUT2D eigenvalue weighted by atomic mass is 35.5. The fraction of sp³-hybridized carbons (Fsp3) is 0.824. The molecule has 1 aromatic heterocycles. The molecule has 8 heteroatoms. The Morgan fingerprint density at radius 1 is 0.720 bits per heavy atom. The molecule has 7 nitrogen and oxygen atoms in total. The van der Waals surface area contributed by atoms with Crippen LogP contribution >= 0.6 is 11.6 Å². The number of hydrogen-bond donors (Lipinski definition) is 2. The Hall–Kier alpha value is -1.18. The quantitative estimate of drug-likeness (QED) is 0.550. The summed E-state index contributed by atoms with van der Waals surface area (Å²) in [6, 6.07) is 0. The fourth-order valence-electron chi connectivity index (χ4n) is 2.46. The molecule has 0 bridgehead atoms. The van der Waals surface area contributed by atoms with Gasteiger partial charge in [-0.1, -0.05) is 0 Å². The van der Waals surface area contributed by atoms with Gasteiger partial charge in [-0.25, -0.2) is 0 Å². The molecule has 0 saturated carbocycles. The lowest BCUT2D eigenvalue weighted by Gasteiger charge is -2.32. The van der Waals surface area contributed by atoms with E-state index >= 15 is 0 Å². The van der Waals surface area contributed by atoms with Crippen LogP contribution in [0.3, 0.4) is 0 Å². The fourth-order valence-corrected chi connectivity index (χ4v) is 2.62. The van der Waals surface area contributed by atoms with Crippen molar-refractivity contribution in [1.29, 1.82) is 0 Å². The van der Waals surface area contributed by atoms with E-state index in [4.69, 9.17) is 11.6 Å². The molecule has 0 aromatic carbocycles. The lowest BCUT2D eigenvalue weighted by molar-refractivity contribution is -0.904. The van der Waals surface area contributed by atoms with Crippen molar-refractivity contribution in [3.63, 3.8) is 0 Å². The van der Waals surface area contributed by atoms with Crippen LogP contribution in [0.15, 0.2) is 0 Å². The molecule has 0 atom stereocenters. The summed E-state index contributed by atoms with van der Waals surface area (Å²) in [6.07, 6.45) is 0. The van der Waals surface area contributed by atoms with Crippen LogP contribution in [-0.4, -0.2) is 90.4 Å². The second-order valence-electron chi connectivity index (χ2n) is 7.06. The Morgan fingerprint density at radius 3 is 1.40 bits per heavy atom. The van der Waals surface area contributed by atoms with E-state index in [0.29, 0.717) is 11.9 Å². The highest BCUT2D eigenvalue weighted by Gasteiger charge is 2.17. The average Bonchev–Trinajstić information content (AvgIpc) is 2.61. The number of nitrogens with zero attached hydrogens (tertiary/aromatic N) is 5. The second-order valence-corrected chi connectivity index (χ2v) is 7.39. The summed E-state index contributed by atoms with van der Waals surface area (Å²) in [5.74, 6) is 1.06. The number of aromatic nitrogens is 3. The summed E-state index contributed by atoms with van der Waals surface area (Å²) < 4.78 is 2.03. The largest absolute Gasteiger partial charge is 0.348 e. The SMILES string of the molecule is CC[N+](C)(CC)CCNc1nc(Cl)nc(NCC[N+](C)(CC)CC)n1. The minimum atomic E-state index is 0.214. The number of hydrogen-bond acceptors (Lipinski definition) is 5. The van der Waals surface area contributed by atoms with Gasteiger partial charge in [0.05, 0.1) is 66.5 Å². The Morgan fingerprint density at radius 2 is 1.08 bits per heavy atom. The molecule has 0 radical (unpaired) electrons. The molecule has 0 aliphatic heterocycles. The molecule has 25 heavy (non-hydrogen) atoms. The van der Waals surface area contributed by atoms with Crippen molar-refractivity contribution < 1.29 is 8.97 Å². The van der Waals surface area contributed by atoms with Crippen LogP contribution in [0.2, 0.25) is 5.28 Å². The smallest absolute Gasteiger partial charge is 0.229 e. The minimum absolute atomic E-state index is 0.214.